The molecule has 11 heteroatoms. The van der Waals surface area contributed by atoms with Crippen LogP contribution in [0.25, 0.3) is 0 Å². The predicted molar refractivity (Wildman–Crippen MR) is 235 cm³/mol. The van der Waals surface area contributed by atoms with Crippen LogP contribution in [0.5, 0.6) is 5.75 Å². The van der Waals surface area contributed by atoms with Crippen molar-refractivity contribution in [1.29, 1.82) is 0 Å². The van der Waals surface area contributed by atoms with E-state index in [1.807, 2.05) is 103 Å². The largest absolute Gasteiger partial charge is 0.491 e. The van der Waals surface area contributed by atoms with Gasteiger partial charge < -0.3 is 25.0 Å². The van der Waals surface area contributed by atoms with E-state index >= 15 is 4.79 Å². The number of urea groups is 1. The summed E-state index contributed by atoms with van der Waals surface area (Å²) in [6.07, 6.45) is 5.11. The molecular formula is C52H47N3O8. The smallest absolute Gasteiger partial charge is 0.329 e. The molecule has 7 atom stereocenters. The quantitative estimate of drug-likeness (QED) is 0.0990. The third-order valence-electron chi connectivity index (χ3n) is 12.8. The van der Waals surface area contributed by atoms with Gasteiger partial charge in [0, 0.05) is 5.56 Å². The number of anilines is 1. The van der Waals surface area contributed by atoms with Gasteiger partial charge in [-0.3, -0.25) is 19.3 Å². The van der Waals surface area contributed by atoms with Crippen LogP contribution in [0, 0.1) is 17.8 Å². The first kappa shape index (κ1) is 41.4. The summed E-state index contributed by atoms with van der Waals surface area (Å²) in [5, 5.41) is 24.2. The summed E-state index contributed by atoms with van der Waals surface area (Å²) in [4.78, 5) is 63.1. The van der Waals surface area contributed by atoms with E-state index in [1.54, 1.807) is 42.5 Å². The number of morpholine rings is 1. The molecule has 3 aliphatic heterocycles. The van der Waals surface area contributed by atoms with Crippen LogP contribution < -0.4 is 15.0 Å². The van der Waals surface area contributed by atoms with E-state index in [0.717, 1.165) is 47.3 Å². The number of amides is 3. The maximum Gasteiger partial charge on any atom is 0.329 e. The van der Waals surface area contributed by atoms with Crippen LogP contribution in [0.3, 0.4) is 0 Å². The second kappa shape index (κ2) is 17.4. The molecule has 2 saturated heterocycles. The van der Waals surface area contributed by atoms with Gasteiger partial charge in [0.1, 0.15) is 35.8 Å². The first-order chi connectivity index (χ1) is 30.7. The molecule has 5 aromatic carbocycles. The number of benzene rings is 5. The number of hydrogen-bond acceptors (Lipinski definition) is 8. The number of carbonyl (C=O) groups is 4. The number of aliphatic hydroxyl groups excluding tert-OH is 1. The van der Waals surface area contributed by atoms with Gasteiger partial charge in [-0.15, -0.1) is 0 Å². The fourth-order valence-electron chi connectivity index (χ4n) is 10.1. The normalized spacial score (nSPS) is 24.3. The Morgan fingerprint density at radius 1 is 0.841 bits per heavy atom. The standard InChI is InChI=1S/C52H47N3O8/c1-33(36-16-8-3-9-17-36)53-51(61)54-42-29-24-35(23-22-34-14-6-2-7-15-34)32-41(42)52(50(54)60)43(48(57)58)45-49(59)63-46(38-20-12-5-13-21-38)44(37-18-10-4-11-19-37)55(45)47(52)39-25-27-40(28-26-39)62-31-30-56/h3-5,8-14,16-21,24-29,32-33,43-47,56H,2,6-7,15,30-31H2,1H3,(H,53,61)(H,57,58)/t33-,43-,44-,45-,46+,47+,52-/m1/s1. The minimum Gasteiger partial charge on any atom is -0.491 e. The first-order valence-corrected chi connectivity index (χ1v) is 21.4. The topological polar surface area (TPSA) is 146 Å². The lowest BCUT2D eigenvalue weighted by Crippen LogP contribution is -2.54. The van der Waals surface area contributed by atoms with Crippen molar-refractivity contribution in [3.05, 3.63) is 178 Å². The van der Waals surface area contributed by atoms with Crippen LogP contribution >= 0.6 is 0 Å². The van der Waals surface area contributed by atoms with Gasteiger partial charge in [0.05, 0.1) is 30.4 Å². The molecular weight excluding hydrogens is 795 g/mol. The molecule has 3 amide bonds. The van der Waals surface area contributed by atoms with Crippen molar-refractivity contribution in [3.63, 3.8) is 0 Å². The molecule has 1 aliphatic carbocycles. The summed E-state index contributed by atoms with van der Waals surface area (Å²) in [7, 11) is 0. The van der Waals surface area contributed by atoms with Crippen LogP contribution in [0.1, 0.15) is 90.2 Å². The molecule has 9 rings (SSSR count). The Morgan fingerprint density at radius 3 is 2.17 bits per heavy atom. The van der Waals surface area contributed by atoms with Gasteiger partial charge in [-0.05, 0) is 96.3 Å². The lowest BCUT2D eigenvalue weighted by atomic mass is 9.65. The van der Waals surface area contributed by atoms with Crippen molar-refractivity contribution in [3.8, 4) is 17.6 Å². The Hall–Kier alpha value is -7.00. The van der Waals surface area contributed by atoms with Crippen LogP contribution in [-0.4, -0.2) is 58.2 Å². The average molecular weight is 842 g/mol. The molecule has 1 spiro atoms. The Labute approximate surface area is 366 Å². The number of carboxylic acid groups (broad SMARTS) is 1. The highest BCUT2D eigenvalue weighted by Gasteiger charge is 2.76. The fourth-order valence-corrected chi connectivity index (χ4v) is 10.1. The number of aliphatic hydroxyl groups is 1. The molecule has 0 aromatic heterocycles. The zero-order chi connectivity index (χ0) is 43.7. The molecule has 318 valence electrons. The van der Waals surface area contributed by atoms with Crippen molar-refractivity contribution in [1.82, 2.24) is 10.2 Å². The lowest BCUT2D eigenvalue weighted by Gasteiger charge is -2.46. The molecule has 0 unspecified atom stereocenters. The summed E-state index contributed by atoms with van der Waals surface area (Å²) in [5.41, 5.74) is 2.63. The number of nitrogens with one attached hydrogen (secondary N) is 1. The number of allylic oxidation sites excluding steroid dienone is 2. The van der Waals surface area contributed by atoms with Crippen molar-refractivity contribution >= 4 is 29.6 Å². The molecule has 5 aromatic rings. The predicted octanol–water partition coefficient (Wildman–Crippen LogP) is 8.13. The molecule has 2 fully saturated rings. The minimum absolute atomic E-state index is 0.0424. The maximum absolute atomic E-state index is 16.1. The number of hydrogen-bond donors (Lipinski definition) is 3. The number of carbonyl (C=O) groups excluding carboxylic acids is 3. The summed E-state index contributed by atoms with van der Waals surface area (Å²) in [6.45, 7) is 1.65. The molecule has 3 N–H and O–H groups in total. The number of fused-ring (bicyclic) bond motifs is 3. The van der Waals surface area contributed by atoms with E-state index in [9.17, 15) is 24.6 Å². The van der Waals surface area contributed by atoms with Crippen LogP contribution in [0.2, 0.25) is 0 Å². The number of aliphatic carboxylic acids is 1. The lowest BCUT2D eigenvalue weighted by molar-refractivity contribution is -0.179. The van der Waals surface area contributed by atoms with E-state index in [4.69, 9.17) is 9.47 Å². The van der Waals surface area contributed by atoms with Gasteiger partial charge in [0.15, 0.2) is 0 Å². The highest BCUT2D eigenvalue weighted by atomic mass is 16.6. The number of rotatable bonds is 9. The molecule has 4 aliphatic rings. The molecule has 0 bridgehead atoms. The Bertz CT molecular complexity index is 2620. The van der Waals surface area contributed by atoms with Crippen molar-refractivity contribution in [2.45, 2.75) is 68.3 Å². The van der Waals surface area contributed by atoms with Gasteiger partial charge in [-0.1, -0.05) is 121 Å². The van der Waals surface area contributed by atoms with Crippen LogP contribution in [0.4, 0.5) is 10.5 Å². The van der Waals surface area contributed by atoms with Crippen molar-refractivity contribution < 1.29 is 38.9 Å². The second-order valence-electron chi connectivity index (χ2n) is 16.4. The Balaban J connectivity index is 1.31. The van der Waals surface area contributed by atoms with Gasteiger partial charge in [-0.25, -0.2) is 9.69 Å². The van der Waals surface area contributed by atoms with E-state index in [-0.39, 0.29) is 24.5 Å². The molecule has 63 heavy (non-hydrogen) atoms. The number of ether oxygens (including phenoxy) is 2. The maximum atomic E-state index is 16.1. The third kappa shape index (κ3) is 7.35. The number of esters is 1. The molecule has 11 nitrogen and oxygen atoms in total. The molecule has 0 saturated carbocycles. The first-order valence-electron chi connectivity index (χ1n) is 21.4. The summed E-state index contributed by atoms with van der Waals surface area (Å²) in [5.74, 6) is 2.29. The third-order valence-corrected chi connectivity index (χ3v) is 12.8. The van der Waals surface area contributed by atoms with Crippen LogP contribution in [-0.2, 0) is 24.5 Å². The summed E-state index contributed by atoms with van der Waals surface area (Å²) >= 11 is 0. The van der Waals surface area contributed by atoms with Crippen molar-refractivity contribution in [2.24, 2.45) is 5.92 Å². The van der Waals surface area contributed by atoms with Crippen molar-refractivity contribution in [2.75, 3.05) is 18.1 Å². The zero-order valence-electron chi connectivity index (χ0n) is 34.7. The van der Waals surface area contributed by atoms with E-state index in [1.165, 1.54) is 0 Å². The highest BCUT2D eigenvalue weighted by molar-refractivity contribution is 6.24. The Morgan fingerprint density at radius 2 is 1.52 bits per heavy atom. The zero-order valence-corrected chi connectivity index (χ0v) is 34.7. The summed E-state index contributed by atoms with van der Waals surface area (Å²) in [6, 6.07) is 35.3. The van der Waals surface area contributed by atoms with Gasteiger partial charge in [0.25, 0.3) is 0 Å². The number of carboxylic acids is 1. The number of imide groups is 1. The number of cyclic esters (lactones) is 1. The highest BCUT2D eigenvalue weighted by Crippen LogP contribution is 2.66. The van der Waals surface area contributed by atoms with Gasteiger partial charge in [-0.2, -0.15) is 0 Å². The summed E-state index contributed by atoms with van der Waals surface area (Å²) < 4.78 is 12.1. The van der Waals surface area contributed by atoms with E-state index < -0.39 is 65.5 Å². The van der Waals surface area contributed by atoms with Crippen LogP contribution in [0.15, 0.2) is 145 Å². The monoisotopic (exact) mass is 841 g/mol. The Kier molecular flexibility index (Phi) is 11.4. The van der Waals surface area contributed by atoms with E-state index in [0.29, 0.717) is 22.4 Å². The second-order valence-corrected chi connectivity index (χ2v) is 16.4. The minimum atomic E-state index is -2.09. The fraction of sp³-hybridized carbons (Fsp3) is 0.269. The van der Waals surface area contributed by atoms with Gasteiger partial charge in [0.2, 0.25) is 5.91 Å². The van der Waals surface area contributed by atoms with Gasteiger partial charge >= 0.3 is 18.0 Å². The average Bonchev–Trinajstić information content (AvgIpc) is 3.78. The molecule has 3 heterocycles. The number of nitrogens with zero attached hydrogens (tertiary/aromatic N) is 2. The molecule has 0 radical (unpaired) electrons. The SMILES string of the molecule is C[C@@H](NC(=O)N1C(=O)[C@@]2(c3cc(C#CC4=CCCCC4)ccc31)[C@H](c1ccc(OCCO)cc1)N1[C@H](c3ccccc3)[C@H](c3ccccc3)OC(=O)[C@H]1[C@@H]2C(=O)O)c1ccccc1. The van der Waals surface area contributed by atoms with E-state index in [2.05, 4.69) is 23.2 Å².